The van der Waals surface area contributed by atoms with Gasteiger partial charge < -0.3 is 15.2 Å². The number of hydrogen-bond acceptors (Lipinski definition) is 6. The van der Waals surface area contributed by atoms with Crippen LogP contribution in [-0.4, -0.2) is 29.3 Å². The van der Waals surface area contributed by atoms with Gasteiger partial charge in [0.2, 0.25) is 0 Å². The standard InChI is InChI=1S/C14H19N3O2S/c15-7-12(20)11-3-6-16-13(17-11)19-10-1-4-14(5-2-10)8-18-9-14/h3,6-7,10,20H,1-2,4-5,8-9,15H2/b12-7-. The van der Waals surface area contributed by atoms with Crippen molar-refractivity contribution in [3.05, 3.63) is 24.2 Å². The summed E-state index contributed by atoms with van der Waals surface area (Å²) >= 11 is 4.25. The van der Waals surface area contributed by atoms with Gasteiger partial charge in [0.15, 0.2) is 0 Å². The lowest BCUT2D eigenvalue weighted by Gasteiger charge is -2.45. The summed E-state index contributed by atoms with van der Waals surface area (Å²) in [4.78, 5) is 9.10. The molecule has 1 saturated heterocycles. The molecule has 108 valence electrons. The normalized spacial score (nSPS) is 22.6. The maximum absolute atomic E-state index is 5.89. The molecule has 0 aromatic carbocycles. The highest BCUT2D eigenvalue weighted by atomic mass is 32.1. The molecule has 1 aromatic rings. The molecule has 2 fully saturated rings. The van der Waals surface area contributed by atoms with Crippen LogP contribution in [0.25, 0.3) is 4.91 Å². The molecule has 1 aromatic heterocycles. The second-order valence-electron chi connectivity index (χ2n) is 5.59. The Morgan fingerprint density at radius 3 is 2.80 bits per heavy atom. The predicted octanol–water partition coefficient (Wildman–Crippen LogP) is 2.00. The van der Waals surface area contributed by atoms with Crippen LogP contribution in [0, 0.1) is 5.41 Å². The molecule has 0 radical (unpaired) electrons. The molecule has 1 aliphatic heterocycles. The second kappa shape index (κ2) is 5.61. The van der Waals surface area contributed by atoms with Gasteiger partial charge in [-0.2, -0.15) is 4.98 Å². The summed E-state index contributed by atoms with van der Waals surface area (Å²) in [7, 11) is 0. The van der Waals surface area contributed by atoms with Gasteiger partial charge in [0, 0.05) is 22.7 Å². The van der Waals surface area contributed by atoms with E-state index >= 15 is 0 Å². The number of nitrogens with two attached hydrogens (primary N) is 1. The molecule has 1 spiro atoms. The largest absolute Gasteiger partial charge is 0.460 e. The Labute approximate surface area is 124 Å². The molecule has 2 aliphatic rings. The zero-order valence-corrected chi connectivity index (χ0v) is 12.2. The molecule has 5 nitrogen and oxygen atoms in total. The minimum absolute atomic E-state index is 0.196. The number of ether oxygens (including phenoxy) is 2. The minimum Gasteiger partial charge on any atom is -0.460 e. The van der Waals surface area contributed by atoms with E-state index in [0.29, 0.717) is 22.0 Å². The molecule has 0 unspecified atom stereocenters. The van der Waals surface area contributed by atoms with Crippen molar-refractivity contribution < 1.29 is 9.47 Å². The number of aromatic nitrogens is 2. The Morgan fingerprint density at radius 1 is 1.45 bits per heavy atom. The maximum Gasteiger partial charge on any atom is 0.317 e. The molecule has 0 atom stereocenters. The highest BCUT2D eigenvalue weighted by molar-refractivity contribution is 7.90. The third kappa shape index (κ3) is 2.76. The summed E-state index contributed by atoms with van der Waals surface area (Å²) in [6, 6.07) is 2.17. The van der Waals surface area contributed by atoms with Crippen LogP contribution in [0.1, 0.15) is 31.4 Å². The second-order valence-corrected chi connectivity index (χ2v) is 6.07. The zero-order valence-electron chi connectivity index (χ0n) is 11.3. The first-order valence-electron chi connectivity index (χ1n) is 6.89. The van der Waals surface area contributed by atoms with Crippen molar-refractivity contribution in [2.24, 2.45) is 11.1 Å². The van der Waals surface area contributed by atoms with E-state index in [2.05, 4.69) is 22.6 Å². The van der Waals surface area contributed by atoms with Gasteiger partial charge in [0.05, 0.1) is 18.9 Å². The fourth-order valence-electron chi connectivity index (χ4n) is 2.78. The lowest BCUT2D eigenvalue weighted by molar-refractivity contribution is -0.140. The van der Waals surface area contributed by atoms with E-state index in [1.165, 1.54) is 6.20 Å². The molecule has 2 N–H and O–H groups in total. The highest BCUT2D eigenvalue weighted by Crippen LogP contribution is 2.42. The number of rotatable bonds is 3. The number of hydrogen-bond donors (Lipinski definition) is 2. The van der Waals surface area contributed by atoms with Gasteiger partial charge in [-0.3, -0.25) is 0 Å². The first kappa shape index (κ1) is 13.7. The van der Waals surface area contributed by atoms with Crippen LogP contribution in [0.3, 0.4) is 0 Å². The highest BCUT2D eigenvalue weighted by Gasteiger charge is 2.42. The van der Waals surface area contributed by atoms with Gasteiger partial charge >= 0.3 is 6.01 Å². The molecule has 0 amide bonds. The van der Waals surface area contributed by atoms with Gasteiger partial charge in [-0.15, -0.1) is 12.6 Å². The van der Waals surface area contributed by atoms with Crippen LogP contribution in [0.4, 0.5) is 0 Å². The van der Waals surface area contributed by atoms with E-state index < -0.39 is 0 Å². The summed E-state index contributed by atoms with van der Waals surface area (Å²) in [6.45, 7) is 1.83. The fraction of sp³-hybridized carbons (Fsp3) is 0.571. The van der Waals surface area contributed by atoms with Gasteiger partial charge in [-0.1, -0.05) is 0 Å². The molecule has 20 heavy (non-hydrogen) atoms. The lowest BCUT2D eigenvalue weighted by Crippen LogP contribution is -2.46. The predicted molar refractivity (Wildman–Crippen MR) is 79.3 cm³/mol. The van der Waals surface area contributed by atoms with E-state index in [1.54, 1.807) is 12.3 Å². The summed E-state index contributed by atoms with van der Waals surface area (Å²) in [5, 5.41) is 0. The monoisotopic (exact) mass is 293 g/mol. The molecular formula is C14H19N3O2S. The lowest BCUT2D eigenvalue weighted by atomic mass is 9.72. The average molecular weight is 293 g/mol. The smallest absolute Gasteiger partial charge is 0.317 e. The van der Waals surface area contributed by atoms with E-state index in [4.69, 9.17) is 15.2 Å². The summed E-state index contributed by atoms with van der Waals surface area (Å²) in [5.41, 5.74) is 6.55. The summed E-state index contributed by atoms with van der Waals surface area (Å²) < 4.78 is 11.2. The minimum atomic E-state index is 0.196. The van der Waals surface area contributed by atoms with Crippen molar-refractivity contribution in [3.8, 4) is 6.01 Å². The van der Waals surface area contributed by atoms with Crippen molar-refractivity contribution in [3.63, 3.8) is 0 Å². The Hall–Kier alpha value is -1.27. The third-order valence-corrected chi connectivity index (χ3v) is 4.51. The number of thiol groups is 1. The molecule has 1 saturated carbocycles. The van der Waals surface area contributed by atoms with Gasteiger partial charge in [-0.05, 0) is 31.7 Å². The Kier molecular flexibility index (Phi) is 3.85. The SMILES string of the molecule is N/C=C(\S)c1ccnc(OC2CCC3(CC2)COC3)n1. The van der Waals surface area contributed by atoms with Crippen LogP contribution in [0.2, 0.25) is 0 Å². The van der Waals surface area contributed by atoms with E-state index in [0.717, 1.165) is 38.9 Å². The van der Waals surface area contributed by atoms with Crippen LogP contribution in [-0.2, 0) is 4.74 Å². The Balaban J connectivity index is 1.61. The Bertz CT molecular complexity index is 507. The maximum atomic E-state index is 5.89. The molecule has 0 bridgehead atoms. The summed E-state index contributed by atoms with van der Waals surface area (Å²) in [6.07, 6.45) is 7.68. The first-order chi connectivity index (χ1) is 9.71. The average Bonchev–Trinajstić information content (AvgIpc) is 2.46. The topological polar surface area (TPSA) is 70.3 Å². The van der Waals surface area contributed by atoms with E-state index in [9.17, 15) is 0 Å². The molecular weight excluding hydrogens is 274 g/mol. The van der Waals surface area contributed by atoms with Crippen molar-refractivity contribution in [2.75, 3.05) is 13.2 Å². The number of nitrogens with zero attached hydrogens (tertiary/aromatic N) is 2. The third-order valence-electron chi connectivity index (χ3n) is 4.14. The first-order valence-corrected chi connectivity index (χ1v) is 7.34. The molecule has 1 aliphatic carbocycles. The van der Waals surface area contributed by atoms with Crippen LogP contribution in [0.5, 0.6) is 6.01 Å². The fourth-order valence-corrected chi connectivity index (χ4v) is 2.90. The summed E-state index contributed by atoms with van der Waals surface area (Å²) in [5.74, 6) is 0. The molecule has 6 heteroatoms. The van der Waals surface area contributed by atoms with Crippen molar-refractivity contribution >= 4 is 17.5 Å². The van der Waals surface area contributed by atoms with Crippen molar-refractivity contribution in [1.29, 1.82) is 0 Å². The quantitative estimate of drug-likeness (QED) is 0.834. The molecule has 3 rings (SSSR count). The van der Waals surface area contributed by atoms with E-state index in [-0.39, 0.29) is 6.10 Å². The van der Waals surface area contributed by atoms with E-state index in [1.807, 2.05) is 0 Å². The van der Waals surface area contributed by atoms with Gasteiger partial charge in [0.1, 0.15) is 6.10 Å². The van der Waals surface area contributed by atoms with Crippen LogP contribution >= 0.6 is 12.6 Å². The Morgan fingerprint density at radius 2 is 2.20 bits per heavy atom. The molecule has 2 heterocycles. The zero-order chi connectivity index (χ0) is 14.0. The van der Waals surface area contributed by atoms with Gasteiger partial charge in [0.25, 0.3) is 0 Å². The van der Waals surface area contributed by atoms with Crippen molar-refractivity contribution in [2.45, 2.75) is 31.8 Å². The van der Waals surface area contributed by atoms with Gasteiger partial charge in [-0.25, -0.2) is 4.98 Å². The van der Waals surface area contributed by atoms with Crippen molar-refractivity contribution in [1.82, 2.24) is 9.97 Å². The van der Waals surface area contributed by atoms with Crippen LogP contribution < -0.4 is 10.5 Å². The van der Waals surface area contributed by atoms with Crippen LogP contribution in [0.15, 0.2) is 18.5 Å².